The first kappa shape index (κ1) is 22.8. The van der Waals surface area contributed by atoms with Crippen molar-refractivity contribution in [2.75, 3.05) is 31.6 Å². The molecule has 2 heterocycles. The molecular weight excluding hydrogens is 438 g/mol. The molecule has 0 atom stereocenters. The summed E-state index contributed by atoms with van der Waals surface area (Å²) in [5.74, 6) is 1.22. The number of imidazole rings is 1. The molecule has 2 aromatic heterocycles. The van der Waals surface area contributed by atoms with E-state index in [0.29, 0.717) is 39.9 Å². The summed E-state index contributed by atoms with van der Waals surface area (Å²) < 4.78 is 5.85. The number of amides is 1. The van der Waals surface area contributed by atoms with E-state index in [-0.39, 0.29) is 5.91 Å². The van der Waals surface area contributed by atoms with E-state index in [9.17, 15) is 4.79 Å². The Balaban J connectivity index is 1.44. The van der Waals surface area contributed by atoms with Gasteiger partial charge in [-0.25, -0.2) is 9.97 Å². The molecule has 0 fully saturated rings. The predicted octanol–water partition coefficient (Wildman–Crippen LogP) is 5.25. The number of ether oxygens (including phenoxy) is 1. The Bertz CT molecular complexity index is 1240. The first-order valence-electron chi connectivity index (χ1n) is 10.9. The number of carbonyl (C=O) groups excluding carboxylic acids is 1. The van der Waals surface area contributed by atoms with Gasteiger partial charge in [-0.05, 0) is 55.6 Å². The zero-order valence-corrected chi connectivity index (χ0v) is 19.4. The molecule has 0 spiro atoms. The van der Waals surface area contributed by atoms with Crippen LogP contribution in [0.2, 0.25) is 5.02 Å². The van der Waals surface area contributed by atoms with Gasteiger partial charge in [0.1, 0.15) is 23.7 Å². The van der Waals surface area contributed by atoms with Crippen molar-refractivity contribution in [3.8, 4) is 17.1 Å². The van der Waals surface area contributed by atoms with Gasteiger partial charge in [0.05, 0.1) is 22.5 Å². The molecule has 0 aliphatic heterocycles. The summed E-state index contributed by atoms with van der Waals surface area (Å²) in [6, 6.07) is 16.5. The summed E-state index contributed by atoms with van der Waals surface area (Å²) in [4.78, 5) is 27.1. The highest BCUT2D eigenvalue weighted by atomic mass is 35.5. The van der Waals surface area contributed by atoms with Gasteiger partial charge in [-0.3, -0.25) is 4.79 Å². The topological polar surface area (TPSA) is 83.1 Å². The van der Waals surface area contributed by atoms with Crippen molar-refractivity contribution in [3.05, 3.63) is 71.4 Å². The number of nitrogens with zero attached hydrogens (tertiary/aromatic N) is 3. The molecule has 2 aromatic carbocycles. The zero-order valence-electron chi connectivity index (χ0n) is 18.6. The highest BCUT2D eigenvalue weighted by Gasteiger charge is 2.12. The molecule has 7 nitrogen and oxygen atoms in total. The number of rotatable bonds is 9. The fourth-order valence-corrected chi connectivity index (χ4v) is 3.71. The lowest BCUT2D eigenvalue weighted by atomic mass is 10.2. The Morgan fingerprint density at radius 2 is 1.88 bits per heavy atom. The van der Waals surface area contributed by atoms with Crippen molar-refractivity contribution in [1.82, 2.24) is 19.9 Å². The van der Waals surface area contributed by atoms with Crippen LogP contribution in [-0.4, -0.2) is 52.0 Å². The van der Waals surface area contributed by atoms with E-state index in [1.54, 1.807) is 36.5 Å². The summed E-state index contributed by atoms with van der Waals surface area (Å²) in [5.41, 5.74) is 3.16. The van der Waals surface area contributed by atoms with Crippen LogP contribution in [0.5, 0.6) is 5.75 Å². The molecular formula is C25H26ClN5O2. The van der Waals surface area contributed by atoms with E-state index in [1.807, 2.05) is 24.3 Å². The van der Waals surface area contributed by atoms with Crippen LogP contribution in [0, 0.1) is 0 Å². The van der Waals surface area contributed by atoms with Crippen molar-refractivity contribution < 1.29 is 9.53 Å². The van der Waals surface area contributed by atoms with Crippen LogP contribution in [0.1, 0.15) is 24.2 Å². The third-order valence-corrected chi connectivity index (χ3v) is 5.74. The first-order chi connectivity index (χ1) is 16.1. The van der Waals surface area contributed by atoms with Crippen LogP contribution in [-0.2, 0) is 0 Å². The van der Waals surface area contributed by atoms with Gasteiger partial charge >= 0.3 is 0 Å². The second kappa shape index (κ2) is 10.5. The molecule has 4 aromatic rings. The van der Waals surface area contributed by atoms with Crippen molar-refractivity contribution in [1.29, 1.82) is 0 Å². The number of anilines is 1. The maximum Gasteiger partial charge on any atom is 0.257 e. The summed E-state index contributed by atoms with van der Waals surface area (Å²) in [6.07, 6.45) is 1.59. The van der Waals surface area contributed by atoms with Crippen molar-refractivity contribution in [3.63, 3.8) is 0 Å². The predicted molar refractivity (Wildman–Crippen MR) is 132 cm³/mol. The molecule has 0 aliphatic rings. The van der Waals surface area contributed by atoms with Gasteiger partial charge in [-0.2, -0.15) is 0 Å². The van der Waals surface area contributed by atoms with Crippen molar-refractivity contribution in [2.24, 2.45) is 0 Å². The molecule has 0 saturated carbocycles. The lowest BCUT2D eigenvalue weighted by molar-refractivity contribution is 0.102. The molecule has 0 unspecified atom stereocenters. The van der Waals surface area contributed by atoms with E-state index in [1.165, 1.54) is 0 Å². The third-order valence-electron chi connectivity index (χ3n) is 5.41. The summed E-state index contributed by atoms with van der Waals surface area (Å²) >= 11 is 6.11. The standard InChI is InChI=1S/C25H26ClN5O2/c1-3-31(4-2)13-14-33-19-11-9-17(10-12-19)23-29-22-15-18(16-27-24(22)30-23)28-25(32)20-7-5-6-8-21(20)26/h5-12,15-16H,3-4,13-14H2,1-2H3,(H,28,32)(H,27,29,30). The average molecular weight is 464 g/mol. The minimum absolute atomic E-state index is 0.297. The Morgan fingerprint density at radius 3 is 2.61 bits per heavy atom. The number of benzene rings is 2. The third kappa shape index (κ3) is 5.50. The normalized spacial score (nSPS) is 11.2. The minimum atomic E-state index is -0.297. The number of likely N-dealkylation sites (N-methyl/N-ethyl adjacent to an activating group) is 1. The maximum absolute atomic E-state index is 12.5. The van der Waals surface area contributed by atoms with E-state index < -0.39 is 0 Å². The maximum atomic E-state index is 12.5. The zero-order chi connectivity index (χ0) is 23.2. The molecule has 33 heavy (non-hydrogen) atoms. The van der Waals surface area contributed by atoms with Crippen LogP contribution in [0.4, 0.5) is 5.69 Å². The molecule has 0 aliphatic carbocycles. The summed E-state index contributed by atoms with van der Waals surface area (Å²) in [7, 11) is 0. The largest absolute Gasteiger partial charge is 0.492 e. The molecule has 0 saturated heterocycles. The van der Waals surface area contributed by atoms with E-state index in [0.717, 1.165) is 30.9 Å². The van der Waals surface area contributed by atoms with E-state index >= 15 is 0 Å². The van der Waals surface area contributed by atoms with Gasteiger partial charge in [0.25, 0.3) is 5.91 Å². The molecule has 4 rings (SSSR count). The molecule has 1 amide bonds. The van der Waals surface area contributed by atoms with E-state index in [4.69, 9.17) is 16.3 Å². The number of fused-ring (bicyclic) bond motifs is 1. The van der Waals surface area contributed by atoms with Gasteiger partial charge in [0.15, 0.2) is 5.65 Å². The minimum Gasteiger partial charge on any atom is -0.492 e. The molecule has 8 heteroatoms. The number of carbonyl (C=O) groups is 1. The lowest BCUT2D eigenvalue weighted by Gasteiger charge is -2.18. The van der Waals surface area contributed by atoms with Gasteiger partial charge in [-0.15, -0.1) is 0 Å². The Hall–Kier alpha value is -3.42. The summed E-state index contributed by atoms with van der Waals surface area (Å²) in [5, 5.41) is 3.22. The van der Waals surface area contributed by atoms with Gasteiger partial charge in [0.2, 0.25) is 0 Å². The number of hydrogen-bond acceptors (Lipinski definition) is 5. The number of hydrogen-bond donors (Lipinski definition) is 2. The monoisotopic (exact) mass is 463 g/mol. The Morgan fingerprint density at radius 1 is 1.12 bits per heavy atom. The van der Waals surface area contributed by atoms with Gasteiger partial charge in [-0.1, -0.05) is 37.6 Å². The van der Waals surface area contributed by atoms with Gasteiger partial charge in [0, 0.05) is 12.1 Å². The number of aromatic nitrogens is 3. The van der Waals surface area contributed by atoms with Crippen LogP contribution in [0.3, 0.4) is 0 Å². The van der Waals surface area contributed by atoms with Crippen molar-refractivity contribution >= 4 is 34.4 Å². The number of halogens is 1. The summed E-state index contributed by atoms with van der Waals surface area (Å²) in [6.45, 7) is 7.89. The fraction of sp³-hybridized carbons (Fsp3) is 0.240. The second-order valence-electron chi connectivity index (χ2n) is 7.51. The quantitative estimate of drug-likeness (QED) is 0.354. The van der Waals surface area contributed by atoms with Crippen molar-refractivity contribution in [2.45, 2.75) is 13.8 Å². The second-order valence-corrected chi connectivity index (χ2v) is 7.92. The molecule has 0 bridgehead atoms. The van der Waals surface area contributed by atoms with Crippen LogP contribution >= 0.6 is 11.6 Å². The average Bonchev–Trinajstić information content (AvgIpc) is 3.26. The highest BCUT2D eigenvalue weighted by Crippen LogP contribution is 2.24. The number of nitrogens with one attached hydrogen (secondary N) is 2. The highest BCUT2D eigenvalue weighted by molar-refractivity contribution is 6.34. The molecule has 2 N–H and O–H groups in total. The molecule has 170 valence electrons. The first-order valence-corrected chi connectivity index (χ1v) is 11.3. The fourth-order valence-electron chi connectivity index (χ4n) is 3.49. The smallest absolute Gasteiger partial charge is 0.257 e. The van der Waals surface area contributed by atoms with Crippen LogP contribution in [0.25, 0.3) is 22.6 Å². The Labute approximate surface area is 197 Å². The van der Waals surface area contributed by atoms with Gasteiger partial charge < -0.3 is 19.9 Å². The SMILES string of the molecule is CCN(CC)CCOc1ccc(-c2nc3cc(NC(=O)c4ccccc4Cl)cnc3[nH]2)cc1. The van der Waals surface area contributed by atoms with Crippen LogP contribution < -0.4 is 10.1 Å². The van der Waals surface area contributed by atoms with E-state index in [2.05, 4.69) is 39.0 Å². The Kier molecular flexibility index (Phi) is 7.22. The van der Waals surface area contributed by atoms with Crippen LogP contribution in [0.15, 0.2) is 60.8 Å². The number of aromatic amines is 1. The molecule has 0 radical (unpaired) electrons. The lowest BCUT2D eigenvalue weighted by Crippen LogP contribution is -2.27. The number of pyridine rings is 1. The number of H-pyrrole nitrogens is 1.